The van der Waals surface area contributed by atoms with Crippen LogP contribution in [-0.4, -0.2) is 33.7 Å². The molecule has 0 spiro atoms. The lowest BCUT2D eigenvalue weighted by molar-refractivity contribution is 0.284. The number of aliphatic hydroxyl groups is 1. The van der Waals surface area contributed by atoms with Gasteiger partial charge in [-0.05, 0) is 13.3 Å². The molecule has 0 amide bonds. The number of hydrogen-bond donors (Lipinski definition) is 1. The summed E-state index contributed by atoms with van der Waals surface area (Å²) in [5.74, 6) is 1.17. The molecule has 1 N–H and O–H groups in total. The SMILES string of the molecule is CCCc1nc(N2CCSC(C)C2C)sc1CO. The van der Waals surface area contributed by atoms with Crippen LogP contribution < -0.4 is 4.90 Å². The fraction of sp³-hybridized carbons (Fsp3) is 0.769. The Morgan fingerprint density at radius 2 is 2.22 bits per heavy atom. The summed E-state index contributed by atoms with van der Waals surface area (Å²) in [6.07, 6.45) is 2.05. The Hall–Kier alpha value is -0.260. The first-order chi connectivity index (χ1) is 8.67. The van der Waals surface area contributed by atoms with E-state index < -0.39 is 0 Å². The molecule has 102 valence electrons. The van der Waals surface area contributed by atoms with Crippen LogP contribution in [0.25, 0.3) is 0 Å². The monoisotopic (exact) mass is 286 g/mol. The van der Waals surface area contributed by atoms with Crippen LogP contribution in [0.2, 0.25) is 0 Å². The van der Waals surface area contributed by atoms with Crippen molar-refractivity contribution >= 4 is 28.2 Å². The molecule has 2 heterocycles. The zero-order valence-electron chi connectivity index (χ0n) is 11.3. The van der Waals surface area contributed by atoms with Crippen LogP contribution in [0.3, 0.4) is 0 Å². The first-order valence-corrected chi connectivity index (χ1v) is 8.51. The van der Waals surface area contributed by atoms with Gasteiger partial charge in [-0.2, -0.15) is 11.8 Å². The van der Waals surface area contributed by atoms with Crippen molar-refractivity contribution in [1.82, 2.24) is 4.98 Å². The number of aliphatic hydroxyl groups excluding tert-OH is 1. The average Bonchev–Trinajstić information content (AvgIpc) is 2.76. The second kappa shape index (κ2) is 6.26. The van der Waals surface area contributed by atoms with E-state index in [2.05, 4.69) is 25.7 Å². The molecule has 5 heteroatoms. The Morgan fingerprint density at radius 1 is 1.44 bits per heavy atom. The van der Waals surface area contributed by atoms with Crippen LogP contribution in [0, 0.1) is 0 Å². The Labute approximate surface area is 118 Å². The van der Waals surface area contributed by atoms with Gasteiger partial charge in [-0.3, -0.25) is 0 Å². The Morgan fingerprint density at radius 3 is 2.89 bits per heavy atom. The lowest BCUT2D eigenvalue weighted by atomic mass is 10.2. The summed E-state index contributed by atoms with van der Waals surface area (Å²) in [5, 5.41) is 11.2. The second-order valence-electron chi connectivity index (χ2n) is 4.78. The van der Waals surface area contributed by atoms with Crippen molar-refractivity contribution in [2.45, 2.75) is 51.5 Å². The maximum Gasteiger partial charge on any atom is 0.186 e. The molecule has 2 rings (SSSR count). The number of rotatable bonds is 4. The summed E-state index contributed by atoms with van der Waals surface area (Å²) < 4.78 is 0. The largest absolute Gasteiger partial charge is 0.391 e. The summed E-state index contributed by atoms with van der Waals surface area (Å²) in [6, 6.07) is 0.524. The van der Waals surface area contributed by atoms with Crippen molar-refractivity contribution in [1.29, 1.82) is 0 Å². The molecule has 2 atom stereocenters. The van der Waals surface area contributed by atoms with Crippen molar-refractivity contribution in [2.75, 3.05) is 17.2 Å². The van der Waals surface area contributed by atoms with E-state index in [1.807, 2.05) is 11.8 Å². The third-order valence-corrected chi connectivity index (χ3v) is 5.98. The van der Waals surface area contributed by atoms with Gasteiger partial charge in [0.1, 0.15) is 0 Å². The fourth-order valence-corrected chi connectivity index (χ4v) is 4.43. The molecule has 0 saturated carbocycles. The highest BCUT2D eigenvalue weighted by molar-refractivity contribution is 8.00. The number of thiazole rings is 1. The van der Waals surface area contributed by atoms with E-state index in [1.54, 1.807) is 11.3 Å². The Kier molecular flexibility index (Phi) is 4.92. The smallest absolute Gasteiger partial charge is 0.186 e. The third kappa shape index (κ3) is 2.83. The van der Waals surface area contributed by atoms with E-state index in [9.17, 15) is 5.11 Å². The van der Waals surface area contributed by atoms with Gasteiger partial charge in [0.15, 0.2) is 5.13 Å². The van der Waals surface area contributed by atoms with E-state index in [1.165, 1.54) is 5.75 Å². The molecule has 1 aromatic heterocycles. The minimum Gasteiger partial charge on any atom is -0.391 e. The van der Waals surface area contributed by atoms with Crippen molar-refractivity contribution in [2.24, 2.45) is 0 Å². The quantitative estimate of drug-likeness (QED) is 0.923. The number of aromatic nitrogens is 1. The van der Waals surface area contributed by atoms with Crippen molar-refractivity contribution in [3.05, 3.63) is 10.6 Å². The van der Waals surface area contributed by atoms with Gasteiger partial charge in [0.05, 0.1) is 17.2 Å². The molecule has 0 aliphatic carbocycles. The number of anilines is 1. The van der Waals surface area contributed by atoms with Gasteiger partial charge in [-0.1, -0.05) is 31.6 Å². The van der Waals surface area contributed by atoms with Crippen LogP contribution in [0.1, 0.15) is 37.8 Å². The highest BCUT2D eigenvalue weighted by Gasteiger charge is 2.28. The van der Waals surface area contributed by atoms with Crippen molar-refractivity contribution < 1.29 is 5.11 Å². The summed E-state index contributed by atoms with van der Waals surface area (Å²) in [6.45, 7) is 7.91. The molecule has 2 unspecified atom stereocenters. The van der Waals surface area contributed by atoms with Crippen molar-refractivity contribution in [3.63, 3.8) is 0 Å². The first-order valence-electron chi connectivity index (χ1n) is 6.65. The minimum atomic E-state index is 0.125. The summed E-state index contributed by atoms with van der Waals surface area (Å²) in [7, 11) is 0. The Balaban J connectivity index is 2.21. The summed E-state index contributed by atoms with van der Waals surface area (Å²) in [5.41, 5.74) is 1.10. The van der Waals surface area contributed by atoms with Crippen LogP contribution in [0.15, 0.2) is 0 Å². The van der Waals surface area contributed by atoms with Crippen molar-refractivity contribution in [3.8, 4) is 0 Å². The molecule has 1 aliphatic heterocycles. The number of hydrogen-bond acceptors (Lipinski definition) is 5. The minimum absolute atomic E-state index is 0.125. The first kappa shape index (κ1) is 14.2. The standard InChI is InChI=1S/C13H22N2OS2/c1-4-5-11-12(8-16)18-13(14-11)15-6-7-17-10(3)9(15)2/h9-10,16H,4-8H2,1-3H3. The van der Waals surface area contributed by atoms with E-state index in [-0.39, 0.29) is 6.61 Å². The molecule has 1 saturated heterocycles. The molecular formula is C13H22N2OS2. The molecule has 0 radical (unpaired) electrons. The summed E-state index contributed by atoms with van der Waals surface area (Å²) >= 11 is 3.70. The highest BCUT2D eigenvalue weighted by Crippen LogP contribution is 2.33. The van der Waals surface area contributed by atoms with Crippen LogP contribution >= 0.6 is 23.1 Å². The molecular weight excluding hydrogens is 264 g/mol. The molecule has 0 aromatic carbocycles. The molecule has 1 fully saturated rings. The van der Waals surface area contributed by atoms with E-state index in [4.69, 9.17) is 4.98 Å². The fourth-order valence-electron chi connectivity index (χ4n) is 2.25. The van der Waals surface area contributed by atoms with Gasteiger partial charge in [0.2, 0.25) is 0 Å². The number of nitrogens with zero attached hydrogens (tertiary/aromatic N) is 2. The van der Waals surface area contributed by atoms with E-state index in [0.29, 0.717) is 11.3 Å². The Bertz CT molecular complexity index is 394. The number of aryl methyl sites for hydroxylation is 1. The zero-order valence-corrected chi connectivity index (χ0v) is 13.0. The highest BCUT2D eigenvalue weighted by atomic mass is 32.2. The molecule has 1 aliphatic rings. The normalized spacial score (nSPS) is 24.6. The van der Waals surface area contributed by atoms with Crippen LogP contribution in [0.4, 0.5) is 5.13 Å². The molecule has 3 nitrogen and oxygen atoms in total. The zero-order chi connectivity index (χ0) is 13.1. The van der Waals surface area contributed by atoms with E-state index in [0.717, 1.165) is 35.1 Å². The summed E-state index contributed by atoms with van der Waals surface area (Å²) in [4.78, 5) is 8.21. The van der Waals surface area contributed by atoms with Gasteiger partial charge < -0.3 is 10.0 Å². The van der Waals surface area contributed by atoms with Gasteiger partial charge in [-0.25, -0.2) is 4.98 Å². The molecule has 18 heavy (non-hydrogen) atoms. The molecule has 0 bridgehead atoms. The lowest BCUT2D eigenvalue weighted by Crippen LogP contribution is -2.44. The third-order valence-electron chi connectivity index (χ3n) is 3.53. The van der Waals surface area contributed by atoms with E-state index >= 15 is 0 Å². The van der Waals surface area contributed by atoms with Gasteiger partial charge in [-0.15, -0.1) is 0 Å². The topological polar surface area (TPSA) is 36.4 Å². The maximum atomic E-state index is 9.42. The second-order valence-corrected chi connectivity index (χ2v) is 7.33. The molecule has 1 aromatic rings. The number of thioether (sulfide) groups is 1. The lowest BCUT2D eigenvalue weighted by Gasteiger charge is -2.37. The predicted octanol–water partition coefficient (Wildman–Crippen LogP) is 2.92. The van der Waals surface area contributed by atoms with Gasteiger partial charge in [0, 0.05) is 23.6 Å². The predicted molar refractivity (Wildman–Crippen MR) is 80.8 cm³/mol. The van der Waals surface area contributed by atoms with Crippen LogP contribution in [-0.2, 0) is 13.0 Å². The van der Waals surface area contributed by atoms with Crippen LogP contribution in [0.5, 0.6) is 0 Å². The van der Waals surface area contributed by atoms with Gasteiger partial charge >= 0.3 is 0 Å². The maximum absolute atomic E-state index is 9.42. The average molecular weight is 286 g/mol. The van der Waals surface area contributed by atoms with Gasteiger partial charge in [0.25, 0.3) is 0 Å².